The first-order chi connectivity index (χ1) is 7.15. The Labute approximate surface area is 90.9 Å². The van der Waals surface area contributed by atoms with Crippen molar-refractivity contribution in [1.29, 1.82) is 0 Å². The lowest BCUT2D eigenvalue weighted by molar-refractivity contribution is 0.266. The van der Waals surface area contributed by atoms with Crippen LogP contribution in [0.25, 0.3) is 0 Å². The number of aliphatic hydroxyl groups is 1. The van der Waals surface area contributed by atoms with Crippen LogP contribution in [0.4, 0.5) is 4.39 Å². The van der Waals surface area contributed by atoms with Crippen molar-refractivity contribution in [2.75, 3.05) is 6.61 Å². The normalized spacial score (nSPS) is 13.1. The summed E-state index contributed by atoms with van der Waals surface area (Å²) in [5, 5.41) is 8.98. The molecule has 0 aliphatic carbocycles. The number of aliphatic hydroxyl groups excluding tert-OH is 1. The Morgan fingerprint density at radius 3 is 2.47 bits per heavy atom. The predicted octanol–water partition coefficient (Wildman–Crippen LogP) is 3.34. The van der Waals surface area contributed by atoms with Crippen LogP contribution >= 0.6 is 0 Å². The summed E-state index contributed by atoms with van der Waals surface area (Å²) in [6.07, 6.45) is 1.56. The van der Waals surface area contributed by atoms with Gasteiger partial charge in [-0.3, -0.25) is 0 Å². The van der Waals surface area contributed by atoms with E-state index in [4.69, 9.17) is 5.11 Å². The lowest BCUT2D eigenvalue weighted by atomic mass is 9.88. The second-order valence-electron chi connectivity index (χ2n) is 4.36. The molecule has 1 aromatic rings. The molecule has 0 spiro atoms. The number of hydrogen-bond acceptors (Lipinski definition) is 1. The van der Waals surface area contributed by atoms with Crippen molar-refractivity contribution in [3.8, 4) is 0 Å². The predicted molar refractivity (Wildman–Crippen MR) is 60.3 cm³/mol. The Morgan fingerprint density at radius 2 is 1.93 bits per heavy atom. The van der Waals surface area contributed by atoms with Crippen LogP contribution in [0.3, 0.4) is 0 Å². The van der Waals surface area contributed by atoms with Gasteiger partial charge in [-0.25, -0.2) is 4.39 Å². The largest absolute Gasteiger partial charge is 0.396 e. The maximum Gasteiger partial charge on any atom is 0.126 e. The summed E-state index contributed by atoms with van der Waals surface area (Å²) >= 11 is 0. The molecule has 1 nitrogen and oxygen atoms in total. The molecule has 1 rings (SSSR count). The van der Waals surface area contributed by atoms with Gasteiger partial charge in [-0.05, 0) is 36.3 Å². The third kappa shape index (κ3) is 3.63. The maximum absolute atomic E-state index is 13.5. The van der Waals surface area contributed by atoms with Gasteiger partial charge in [0, 0.05) is 6.61 Å². The molecule has 0 aliphatic rings. The van der Waals surface area contributed by atoms with Gasteiger partial charge in [0.2, 0.25) is 0 Å². The van der Waals surface area contributed by atoms with Crippen LogP contribution in [0.15, 0.2) is 24.3 Å². The van der Waals surface area contributed by atoms with E-state index in [0.717, 1.165) is 12.0 Å². The van der Waals surface area contributed by atoms with Crippen molar-refractivity contribution in [3.63, 3.8) is 0 Å². The molecule has 0 aliphatic heterocycles. The van der Waals surface area contributed by atoms with Crippen LogP contribution in [-0.2, 0) is 0 Å². The molecule has 2 heteroatoms. The maximum atomic E-state index is 13.5. The standard InChI is InChI=1S/C13H19FO/c1-10(2)9-11(7-8-15)12-5-3-4-6-13(12)14/h3-6,10-11,15H,7-9H2,1-2H3. The quantitative estimate of drug-likeness (QED) is 0.790. The smallest absolute Gasteiger partial charge is 0.126 e. The second kappa shape index (κ2) is 5.86. The molecule has 1 N–H and O–H groups in total. The van der Waals surface area contributed by atoms with Crippen molar-refractivity contribution in [1.82, 2.24) is 0 Å². The van der Waals surface area contributed by atoms with Crippen LogP contribution in [0.2, 0.25) is 0 Å². The molecule has 0 saturated heterocycles. The lowest BCUT2D eigenvalue weighted by Gasteiger charge is -2.18. The van der Waals surface area contributed by atoms with E-state index in [1.807, 2.05) is 12.1 Å². The molecule has 1 atom stereocenters. The topological polar surface area (TPSA) is 20.2 Å². The third-order valence-corrected chi connectivity index (χ3v) is 2.58. The first-order valence-corrected chi connectivity index (χ1v) is 5.50. The number of halogens is 1. The second-order valence-corrected chi connectivity index (χ2v) is 4.36. The summed E-state index contributed by atoms with van der Waals surface area (Å²) in [5.74, 6) is 0.494. The monoisotopic (exact) mass is 210 g/mol. The Morgan fingerprint density at radius 1 is 1.27 bits per heavy atom. The Kier molecular flexibility index (Phi) is 4.76. The highest BCUT2D eigenvalue weighted by Crippen LogP contribution is 2.28. The Bertz CT molecular complexity index is 296. The molecular weight excluding hydrogens is 191 g/mol. The molecule has 0 aromatic heterocycles. The van der Waals surface area contributed by atoms with E-state index in [2.05, 4.69) is 13.8 Å². The first-order valence-electron chi connectivity index (χ1n) is 5.50. The minimum Gasteiger partial charge on any atom is -0.396 e. The Balaban J connectivity index is 2.83. The summed E-state index contributed by atoms with van der Waals surface area (Å²) in [6, 6.07) is 6.85. The molecular formula is C13H19FO. The van der Waals surface area contributed by atoms with Crippen molar-refractivity contribution in [3.05, 3.63) is 35.6 Å². The van der Waals surface area contributed by atoms with Gasteiger partial charge in [0.25, 0.3) is 0 Å². The molecule has 0 radical (unpaired) electrons. The zero-order valence-corrected chi connectivity index (χ0v) is 9.41. The summed E-state index contributed by atoms with van der Waals surface area (Å²) in [6.45, 7) is 4.35. The van der Waals surface area contributed by atoms with Crippen molar-refractivity contribution in [2.24, 2.45) is 5.92 Å². The van der Waals surface area contributed by atoms with Gasteiger partial charge in [0.05, 0.1) is 0 Å². The van der Waals surface area contributed by atoms with E-state index in [-0.39, 0.29) is 18.3 Å². The van der Waals surface area contributed by atoms with Crippen LogP contribution in [0.5, 0.6) is 0 Å². The minimum atomic E-state index is -0.156. The van der Waals surface area contributed by atoms with E-state index in [9.17, 15) is 4.39 Å². The zero-order chi connectivity index (χ0) is 11.3. The summed E-state index contributed by atoms with van der Waals surface area (Å²) in [7, 11) is 0. The van der Waals surface area contributed by atoms with Gasteiger partial charge < -0.3 is 5.11 Å². The average molecular weight is 210 g/mol. The van der Waals surface area contributed by atoms with Gasteiger partial charge in [0.1, 0.15) is 5.82 Å². The fourth-order valence-corrected chi connectivity index (χ4v) is 1.93. The fraction of sp³-hybridized carbons (Fsp3) is 0.538. The van der Waals surface area contributed by atoms with Gasteiger partial charge >= 0.3 is 0 Å². The Hall–Kier alpha value is -0.890. The first kappa shape index (κ1) is 12.2. The van der Waals surface area contributed by atoms with Gasteiger partial charge in [-0.15, -0.1) is 0 Å². The summed E-state index contributed by atoms with van der Waals surface area (Å²) in [4.78, 5) is 0. The highest BCUT2D eigenvalue weighted by molar-refractivity contribution is 5.21. The lowest BCUT2D eigenvalue weighted by Crippen LogP contribution is -2.07. The number of benzene rings is 1. The van der Waals surface area contributed by atoms with E-state index in [0.29, 0.717) is 12.3 Å². The fourth-order valence-electron chi connectivity index (χ4n) is 1.93. The van der Waals surface area contributed by atoms with Crippen LogP contribution in [0, 0.1) is 11.7 Å². The number of hydrogen-bond donors (Lipinski definition) is 1. The van der Waals surface area contributed by atoms with Gasteiger partial charge in [-0.1, -0.05) is 32.0 Å². The van der Waals surface area contributed by atoms with E-state index >= 15 is 0 Å². The molecule has 0 bridgehead atoms. The molecule has 0 amide bonds. The van der Waals surface area contributed by atoms with E-state index in [1.54, 1.807) is 6.07 Å². The number of rotatable bonds is 5. The molecule has 84 valence electrons. The summed E-state index contributed by atoms with van der Waals surface area (Å²) < 4.78 is 13.5. The van der Waals surface area contributed by atoms with E-state index in [1.165, 1.54) is 6.07 Å². The molecule has 0 saturated carbocycles. The van der Waals surface area contributed by atoms with Crippen LogP contribution in [-0.4, -0.2) is 11.7 Å². The van der Waals surface area contributed by atoms with Crippen LogP contribution < -0.4 is 0 Å². The van der Waals surface area contributed by atoms with E-state index < -0.39 is 0 Å². The molecule has 0 fully saturated rings. The molecule has 1 unspecified atom stereocenters. The average Bonchev–Trinajstić information content (AvgIpc) is 2.17. The third-order valence-electron chi connectivity index (χ3n) is 2.58. The highest BCUT2D eigenvalue weighted by Gasteiger charge is 2.16. The van der Waals surface area contributed by atoms with Crippen molar-refractivity contribution in [2.45, 2.75) is 32.6 Å². The summed E-state index contributed by atoms with van der Waals surface area (Å²) in [5.41, 5.74) is 0.736. The van der Waals surface area contributed by atoms with Crippen molar-refractivity contribution < 1.29 is 9.50 Å². The molecule has 0 heterocycles. The minimum absolute atomic E-state index is 0.117. The van der Waals surface area contributed by atoms with Crippen LogP contribution in [0.1, 0.15) is 38.2 Å². The molecule has 15 heavy (non-hydrogen) atoms. The van der Waals surface area contributed by atoms with Gasteiger partial charge in [0.15, 0.2) is 0 Å². The molecule has 1 aromatic carbocycles. The van der Waals surface area contributed by atoms with Gasteiger partial charge in [-0.2, -0.15) is 0 Å². The van der Waals surface area contributed by atoms with Crippen molar-refractivity contribution >= 4 is 0 Å². The SMILES string of the molecule is CC(C)CC(CCO)c1ccccc1F. The highest BCUT2D eigenvalue weighted by atomic mass is 19.1. The zero-order valence-electron chi connectivity index (χ0n) is 9.41.